The van der Waals surface area contributed by atoms with E-state index in [0.29, 0.717) is 11.7 Å². The van der Waals surface area contributed by atoms with Gasteiger partial charge in [-0.2, -0.15) is 0 Å². The first kappa shape index (κ1) is 26.6. The molecule has 0 aromatic heterocycles. The Kier molecular flexibility index (Phi) is 7.95. The zero-order valence-corrected chi connectivity index (χ0v) is 22.7. The maximum Gasteiger partial charge on any atom is 0.266 e. The highest BCUT2D eigenvalue weighted by molar-refractivity contribution is 5.51. The molecule has 5 rings (SSSR count). The molecule has 5 nitrogen and oxygen atoms in total. The maximum atomic E-state index is 14.5. The number of allylic oxidation sites excluding steroid dienone is 1. The van der Waals surface area contributed by atoms with Gasteiger partial charge in [-0.05, 0) is 88.5 Å². The minimum atomic E-state index is -0.771. The van der Waals surface area contributed by atoms with E-state index in [2.05, 4.69) is 33.4 Å². The average molecular weight is 518 g/mol. The van der Waals surface area contributed by atoms with Crippen molar-refractivity contribution < 1.29 is 13.9 Å². The SMILES string of the molecule is [C-]#[N+]C(c1cccc(F)c1)(C1CCN(CC2CN(c3ccc(OC)cc3)C2)CC1)[C@@H]1CCC[C@H]1OC(=C)C. The van der Waals surface area contributed by atoms with Crippen LogP contribution < -0.4 is 9.64 Å². The van der Waals surface area contributed by atoms with Gasteiger partial charge in [-0.1, -0.05) is 18.7 Å². The van der Waals surface area contributed by atoms with Crippen LogP contribution in [0.3, 0.4) is 0 Å². The summed E-state index contributed by atoms with van der Waals surface area (Å²) < 4.78 is 25.9. The fraction of sp³-hybridized carbons (Fsp3) is 0.531. The standard InChI is InChI=1S/C32H40FN3O2/c1-23(2)38-31-10-6-9-30(31)32(34-3,26-7-5-8-27(33)19-26)25-15-17-35(18-16-25)20-24-21-36(22-24)28-11-13-29(37-4)14-12-28/h5,7-8,11-14,19,24-25,30-31H,1,6,9-10,15-18,20-22H2,2,4H3/t30-,31-,32?/m1/s1. The first-order valence-corrected chi connectivity index (χ1v) is 14.0. The van der Waals surface area contributed by atoms with Gasteiger partial charge in [0, 0.05) is 42.7 Å². The van der Waals surface area contributed by atoms with Crippen molar-refractivity contribution in [2.75, 3.05) is 44.7 Å². The first-order valence-electron chi connectivity index (χ1n) is 14.0. The van der Waals surface area contributed by atoms with Gasteiger partial charge in [0.05, 0.1) is 18.8 Å². The topological polar surface area (TPSA) is 29.3 Å². The third kappa shape index (κ3) is 5.27. The molecule has 3 atom stereocenters. The van der Waals surface area contributed by atoms with Crippen molar-refractivity contribution in [1.82, 2.24) is 4.90 Å². The lowest BCUT2D eigenvalue weighted by Gasteiger charge is -2.46. The van der Waals surface area contributed by atoms with Gasteiger partial charge >= 0.3 is 0 Å². The van der Waals surface area contributed by atoms with Crippen LogP contribution in [0.2, 0.25) is 0 Å². The fourth-order valence-electron chi connectivity index (χ4n) is 7.17. The van der Waals surface area contributed by atoms with E-state index in [9.17, 15) is 4.39 Å². The van der Waals surface area contributed by atoms with Gasteiger partial charge in [-0.25, -0.2) is 11.0 Å². The first-order chi connectivity index (χ1) is 18.4. The summed E-state index contributed by atoms with van der Waals surface area (Å²) in [6, 6.07) is 15.1. The van der Waals surface area contributed by atoms with E-state index in [4.69, 9.17) is 16.0 Å². The molecule has 0 radical (unpaired) electrons. The Morgan fingerprint density at radius 2 is 1.84 bits per heavy atom. The van der Waals surface area contributed by atoms with Crippen molar-refractivity contribution in [3.05, 3.63) is 83.7 Å². The van der Waals surface area contributed by atoms with Crippen LogP contribution in [0.1, 0.15) is 44.6 Å². The molecule has 3 aliphatic rings. The zero-order valence-electron chi connectivity index (χ0n) is 22.7. The Hall–Kier alpha value is -3.04. The van der Waals surface area contributed by atoms with Crippen LogP contribution in [-0.2, 0) is 10.3 Å². The molecule has 2 aliphatic heterocycles. The predicted molar refractivity (Wildman–Crippen MR) is 150 cm³/mol. The van der Waals surface area contributed by atoms with Gasteiger partial charge in [0.2, 0.25) is 0 Å². The Balaban J connectivity index is 1.25. The van der Waals surface area contributed by atoms with Gasteiger partial charge in [0.1, 0.15) is 17.7 Å². The molecule has 6 heteroatoms. The number of nitrogens with zero attached hydrogens (tertiary/aromatic N) is 3. The van der Waals surface area contributed by atoms with Crippen molar-refractivity contribution in [1.29, 1.82) is 0 Å². The highest BCUT2D eigenvalue weighted by Crippen LogP contribution is 2.52. The normalized spacial score (nSPS) is 24.3. The summed E-state index contributed by atoms with van der Waals surface area (Å²) in [5.74, 6) is 2.19. The predicted octanol–water partition coefficient (Wildman–Crippen LogP) is 6.52. The van der Waals surface area contributed by atoms with Crippen LogP contribution in [0.4, 0.5) is 10.1 Å². The van der Waals surface area contributed by atoms with Crippen LogP contribution in [0.5, 0.6) is 5.75 Å². The van der Waals surface area contributed by atoms with Crippen LogP contribution in [0.15, 0.2) is 60.9 Å². The molecule has 2 aromatic carbocycles. The highest BCUT2D eigenvalue weighted by atomic mass is 19.1. The van der Waals surface area contributed by atoms with Gasteiger partial charge in [-0.15, -0.1) is 0 Å². The summed E-state index contributed by atoms with van der Waals surface area (Å²) in [6.45, 7) is 19.6. The summed E-state index contributed by atoms with van der Waals surface area (Å²) in [5, 5.41) is 0. The number of methoxy groups -OCH3 is 1. The Morgan fingerprint density at radius 3 is 2.47 bits per heavy atom. The third-order valence-corrected chi connectivity index (χ3v) is 8.96. The lowest BCUT2D eigenvalue weighted by molar-refractivity contribution is 0.0238. The monoisotopic (exact) mass is 517 g/mol. The van der Waals surface area contributed by atoms with E-state index >= 15 is 0 Å². The number of benzene rings is 2. The van der Waals surface area contributed by atoms with E-state index in [-0.39, 0.29) is 23.8 Å². The molecule has 0 N–H and O–H groups in total. The number of likely N-dealkylation sites (tertiary alicyclic amines) is 1. The van der Waals surface area contributed by atoms with Gasteiger partial charge in [-0.3, -0.25) is 0 Å². The van der Waals surface area contributed by atoms with Crippen LogP contribution in [0, 0.1) is 30.1 Å². The van der Waals surface area contributed by atoms with E-state index in [1.165, 1.54) is 11.8 Å². The highest BCUT2D eigenvalue weighted by Gasteiger charge is 2.58. The third-order valence-electron chi connectivity index (χ3n) is 8.96. The quantitative estimate of drug-likeness (QED) is 0.280. The molecule has 202 valence electrons. The number of rotatable bonds is 9. The van der Waals surface area contributed by atoms with E-state index < -0.39 is 5.54 Å². The van der Waals surface area contributed by atoms with Crippen molar-refractivity contribution in [3.63, 3.8) is 0 Å². The molecular formula is C32H40FN3O2. The maximum absolute atomic E-state index is 14.5. The van der Waals surface area contributed by atoms with Crippen molar-refractivity contribution in [3.8, 4) is 5.75 Å². The largest absolute Gasteiger partial charge is 0.497 e. The van der Waals surface area contributed by atoms with E-state index in [1.54, 1.807) is 19.2 Å². The molecule has 1 unspecified atom stereocenters. The minimum Gasteiger partial charge on any atom is -0.497 e. The fourth-order valence-corrected chi connectivity index (χ4v) is 7.17. The van der Waals surface area contributed by atoms with E-state index in [0.717, 1.165) is 76.1 Å². The van der Waals surface area contributed by atoms with Gasteiger partial charge in [0.15, 0.2) is 0 Å². The summed E-state index contributed by atoms with van der Waals surface area (Å²) in [4.78, 5) is 9.40. The minimum absolute atomic E-state index is 0.0400. The van der Waals surface area contributed by atoms with Crippen molar-refractivity contribution in [2.45, 2.75) is 50.7 Å². The number of hydrogen-bond donors (Lipinski definition) is 0. The second kappa shape index (κ2) is 11.4. The van der Waals surface area contributed by atoms with Crippen molar-refractivity contribution >= 4 is 5.69 Å². The summed E-state index contributed by atoms with van der Waals surface area (Å²) in [5.41, 5.74) is 1.30. The molecule has 1 saturated carbocycles. The lowest BCUT2D eigenvalue weighted by atomic mass is 9.65. The lowest BCUT2D eigenvalue weighted by Crippen LogP contribution is -2.54. The molecule has 0 amide bonds. The number of ether oxygens (including phenoxy) is 2. The number of piperidine rings is 1. The molecule has 2 saturated heterocycles. The van der Waals surface area contributed by atoms with Crippen LogP contribution in [0.25, 0.3) is 4.85 Å². The summed E-state index contributed by atoms with van der Waals surface area (Å²) in [6.07, 6.45) is 4.74. The number of anilines is 1. The second-order valence-corrected chi connectivity index (χ2v) is 11.4. The number of halogens is 1. The second-order valence-electron chi connectivity index (χ2n) is 11.4. The average Bonchev–Trinajstić information content (AvgIpc) is 3.35. The summed E-state index contributed by atoms with van der Waals surface area (Å²) in [7, 11) is 1.69. The van der Waals surface area contributed by atoms with Gasteiger partial charge < -0.3 is 24.1 Å². The van der Waals surface area contributed by atoms with Crippen molar-refractivity contribution in [2.24, 2.45) is 17.8 Å². The molecule has 0 bridgehead atoms. The van der Waals surface area contributed by atoms with Crippen LogP contribution >= 0.6 is 0 Å². The molecule has 2 heterocycles. The number of hydrogen-bond acceptors (Lipinski definition) is 4. The zero-order chi connectivity index (χ0) is 26.7. The van der Waals surface area contributed by atoms with Crippen LogP contribution in [-0.4, -0.2) is 50.8 Å². The molecule has 2 aromatic rings. The molecule has 0 spiro atoms. The molecule has 1 aliphatic carbocycles. The smallest absolute Gasteiger partial charge is 0.266 e. The Labute approximate surface area is 227 Å². The summed E-state index contributed by atoms with van der Waals surface area (Å²) >= 11 is 0. The van der Waals surface area contributed by atoms with Gasteiger partial charge in [0.25, 0.3) is 5.54 Å². The molecule has 38 heavy (non-hydrogen) atoms. The van der Waals surface area contributed by atoms with E-state index in [1.807, 2.05) is 25.1 Å². The molecular weight excluding hydrogens is 477 g/mol. The molecule has 3 fully saturated rings. The Morgan fingerprint density at radius 1 is 1.11 bits per heavy atom. The Bertz CT molecular complexity index is 1150.